The van der Waals surface area contributed by atoms with Gasteiger partial charge in [0.1, 0.15) is 5.75 Å². The Morgan fingerprint density at radius 2 is 1.78 bits per heavy atom. The molecule has 0 aliphatic rings. The predicted molar refractivity (Wildman–Crippen MR) is 75.2 cm³/mol. The van der Waals surface area contributed by atoms with Crippen LogP contribution < -0.4 is 4.74 Å². The lowest BCUT2D eigenvalue weighted by Gasteiger charge is -2.22. The van der Waals surface area contributed by atoms with Crippen LogP contribution in [-0.4, -0.2) is 12.2 Å². The molecule has 0 unspecified atom stereocenters. The number of fused-ring (bicyclic) bond motifs is 1. The second-order valence-electron chi connectivity index (χ2n) is 5.34. The van der Waals surface area contributed by atoms with Gasteiger partial charge in [-0.1, -0.05) is 12.1 Å². The van der Waals surface area contributed by atoms with Gasteiger partial charge in [0.2, 0.25) is 0 Å². The van der Waals surface area contributed by atoms with Gasteiger partial charge < -0.3 is 9.84 Å². The van der Waals surface area contributed by atoms with Crippen LogP contribution in [0.1, 0.15) is 30.5 Å². The molecule has 0 heterocycles. The van der Waals surface area contributed by atoms with E-state index in [9.17, 15) is 5.11 Å². The molecule has 96 valence electrons. The van der Waals surface area contributed by atoms with Crippen LogP contribution in [0.5, 0.6) is 5.75 Å². The summed E-state index contributed by atoms with van der Waals surface area (Å²) in [6.45, 7) is 7.77. The van der Waals surface area contributed by atoms with Crippen molar-refractivity contribution in [1.29, 1.82) is 0 Å². The normalized spacial score (nSPS) is 11.9. The smallest absolute Gasteiger partial charge is 0.125 e. The number of rotatable bonds is 2. The summed E-state index contributed by atoms with van der Waals surface area (Å²) in [5.41, 5.74) is 2.44. The maximum atomic E-state index is 10.2. The van der Waals surface area contributed by atoms with Gasteiger partial charge in [-0.3, -0.25) is 0 Å². The molecule has 2 nitrogen and oxygen atoms in total. The van der Waals surface area contributed by atoms with E-state index >= 15 is 0 Å². The van der Waals surface area contributed by atoms with Gasteiger partial charge in [0.15, 0.2) is 0 Å². The van der Waals surface area contributed by atoms with Crippen molar-refractivity contribution in [3.63, 3.8) is 0 Å². The lowest BCUT2D eigenvalue weighted by Crippen LogP contribution is -2.16. The van der Waals surface area contributed by atoms with Gasteiger partial charge in [-0.15, -0.1) is 0 Å². The summed E-state index contributed by atoms with van der Waals surface area (Å²) in [4.78, 5) is 0. The van der Waals surface area contributed by atoms with Gasteiger partial charge in [-0.05, 0) is 61.7 Å². The molecule has 2 aromatic rings. The number of ether oxygens (including phenoxy) is 1. The van der Waals surface area contributed by atoms with Crippen LogP contribution in [0.4, 0.5) is 0 Å². The molecular formula is C16H20O2. The minimum Gasteiger partial charge on any atom is -0.496 e. The molecule has 0 saturated carbocycles. The molecule has 0 radical (unpaired) electrons. The standard InChI is InChI=1S/C16H20O2/c1-10-6-7-12-8-14(16(3,4)17)15(18-5)9-13(12)11(10)2/h6-9,17H,1-5H3. The van der Waals surface area contributed by atoms with Gasteiger partial charge in [-0.2, -0.15) is 0 Å². The van der Waals surface area contributed by atoms with Crippen LogP contribution in [0.15, 0.2) is 24.3 Å². The topological polar surface area (TPSA) is 29.5 Å². The highest BCUT2D eigenvalue weighted by Gasteiger charge is 2.21. The van der Waals surface area contributed by atoms with Crippen molar-refractivity contribution in [1.82, 2.24) is 0 Å². The van der Waals surface area contributed by atoms with E-state index in [-0.39, 0.29) is 0 Å². The van der Waals surface area contributed by atoms with E-state index < -0.39 is 5.60 Å². The van der Waals surface area contributed by atoms with Gasteiger partial charge in [0, 0.05) is 5.56 Å². The summed E-state index contributed by atoms with van der Waals surface area (Å²) in [6.07, 6.45) is 0. The Morgan fingerprint density at radius 3 is 2.33 bits per heavy atom. The fraction of sp³-hybridized carbons (Fsp3) is 0.375. The first-order chi connectivity index (χ1) is 8.34. The van der Waals surface area contributed by atoms with Gasteiger partial charge in [-0.25, -0.2) is 0 Å². The summed E-state index contributed by atoms with van der Waals surface area (Å²) in [5, 5.41) is 12.5. The molecule has 0 saturated heterocycles. The zero-order valence-electron chi connectivity index (χ0n) is 11.7. The number of aryl methyl sites for hydroxylation is 2. The molecule has 0 aromatic heterocycles. The molecule has 2 aromatic carbocycles. The first-order valence-electron chi connectivity index (χ1n) is 6.15. The molecule has 0 bridgehead atoms. The highest BCUT2D eigenvalue weighted by atomic mass is 16.5. The number of hydrogen-bond donors (Lipinski definition) is 1. The first-order valence-corrected chi connectivity index (χ1v) is 6.15. The number of hydrogen-bond acceptors (Lipinski definition) is 2. The molecule has 0 aliphatic carbocycles. The van der Waals surface area contributed by atoms with Crippen molar-refractivity contribution < 1.29 is 9.84 Å². The monoisotopic (exact) mass is 244 g/mol. The van der Waals surface area contributed by atoms with Crippen molar-refractivity contribution in [3.8, 4) is 5.75 Å². The fourth-order valence-corrected chi connectivity index (χ4v) is 2.26. The fourth-order valence-electron chi connectivity index (χ4n) is 2.26. The maximum Gasteiger partial charge on any atom is 0.125 e. The second kappa shape index (κ2) is 4.29. The molecular weight excluding hydrogens is 224 g/mol. The van der Waals surface area contributed by atoms with Crippen molar-refractivity contribution in [2.24, 2.45) is 0 Å². The average molecular weight is 244 g/mol. The van der Waals surface area contributed by atoms with Crippen LogP contribution in [0, 0.1) is 13.8 Å². The third-order valence-corrected chi connectivity index (χ3v) is 3.54. The highest BCUT2D eigenvalue weighted by Crippen LogP contribution is 2.35. The molecule has 18 heavy (non-hydrogen) atoms. The largest absolute Gasteiger partial charge is 0.496 e. The zero-order chi connectivity index (χ0) is 13.5. The molecule has 2 rings (SSSR count). The van der Waals surface area contributed by atoms with E-state index in [1.54, 1.807) is 21.0 Å². The Morgan fingerprint density at radius 1 is 1.11 bits per heavy atom. The molecule has 1 N–H and O–H groups in total. The summed E-state index contributed by atoms with van der Waals surface area (Å²) >= 11 is 0. The van der Waals surface area contributed by atoms with Crippen LogP contribution in [-0.2, 0) is 5.60 Å². The van der Waals surface area contributed by atoms with E-state index in [2.05, 4.69) is 26.0 Å². The summed E-state index contributed by atoms with van der Waals surface area (Å²) in [5.74, 6) is 0.740. The number of benzene rings is 2. The predicted octanol–water partition coefficient (Wildman–Crippen LogP) is 3.69. The molecule has 0 amide bonds. The maximum absolute atomic E-state index is 10.2. The third kappa shape index (κ3) is 2.08. The van der Waals surface area contributed by atoms with Gasteiger partial charge in [0.25, 0.3) is 0 Å². The molecule has 2 heteroatoms. The minimum atomic E-state index is -0.904. The third-order valence-electron chi connectivity index (χ3n) is 3.54. The first kappa shape index (κ1) is 12.9. The number of methoxy groups -OCH3 is 1. The Kier molecular flexibility index (Phi) is 3.07. The summed E-state index contributed by atoms with van der Waals surface area (Å²) < 4.78 is 5.41. The van der Waals surface area contributed by atoms with Gasteiger partial charge in [0.05, 0.1) is 12.7 Å². The van der Waals surface area contributed by atoms with Crippen molar-refractivity contribution in [2.75, 3.05) is 7.11 Å². The van der Waals surface area contributed by atoms with Crippen LogP contribution >= 0.6 is 0 Å². The van der Waals surface area contributed by atoms with Crippen LogP contribution in [0.2, 0.25) is 0 Å². The van der Waals surface area contributed by atoms with Crippen molar-refractivity contribution >= 4 is 10.8 Å². The molecule has 0 fully saturated rings. The minimum absolute atomic E-state index is 0.740. The van der Waals surface area contributed by atoms with E-state index in [4.69, 9.17) is 4.74 Å². The molecule has 0 atom stereocenters. The summed E-state index contributed by atoms with van der Waals surface area (Å²) in [6, 6.07) is 8.23. The molecule has 0 aliphatic heterocycles. The van der Waals surface area contributed by atoms with E-state index in [1.807, 2.05) is 12.1 Å². The Balaban J connectivity index is 2.81. The van der Waals surface area contributed by atoms with E-state index in [0.717, 1.165) is 16.7 Å². The lowest BCUT2D eigenvalue weighted by atomic mass is 9.92. The SMILES string of the molecule is COc1cc2c(C)c(C)ccc2cc1C(C)(C)O. The Bertz CT molecular complexity index is 592. The van der Waals surface area contributed by atoms with Crippen LogP contribution in [0.25, 0.3) is 10.8 Å². The van der Waals surface area contributed by atoms with Crippen LogP contribution in [0.3, 0.4) is 0 Å². The second-order valence-corrected chi connectivity index (χ2v) is 5.34. The highest BCUT2D eigenvalue weighted by molar-refractivity contribution is 5.89. The van der Waals surface area contributed by atoms with Gasteiger partial charge >= 0.3 is 0 Å². The summed E-state index contributed by atoms with van der Waals surface area (Å²) in [7, 11) is 1.64. The Hall–Kier alpha value is -1.54. The van der Waals surface area contributed by atoms with E-state index in [1.165, 1.54) is 16.5 Å². The quantitative estimate of drug-likeness (QED) is 0.873. The van der Waals surface area contributed by atoms with E-state index in [0.29, 0.717) is 0 Å². The average Bonchev–Trinajstić information content (AvgIpc) is 2.31. The zero-order valence-corrected chi connectivity index (χ0v) is 11.7. The lowest BCUT2D eigenvalue weighted by molar-refractivity contribution is 0.0758. The molecule has 0 spiro atoms. The van der Waals surface area contributed by atoms with Crippen molar-refractivity contribution in [2.45, 2.75) is 33.3 Å². The Labute approximate surface area is 108 Å². The number of aliphatic hydroxyl groups is 1. The van der Waals surface area contributed by atoms with Crippen molar-refractivity contribution in [3.05, 3.63) is 41.0 Å².